The van der Waals surface area contributed by atoms with Crippen molar-refractivity contribution < 1.29 is 4.79 Å². The number of carbonyl (C=O) groups is 1. The normalized spacial score (nSPS) is 12.0. The Bertz CT molecular complexity index is 671. The smallest absolute Gasteiger partial charge is 0.252 e. The summed E-state index contributed by atoms with van der Waals surface area (Å²) < 4.78 is 0. The van der Waals surface area contributed by atoms with Crippen LogP contribution >= 0.6 is 0 Å². The van der Waals surface area contributed by atoms with Crippen molar-refractivity contribution in [2.45, 2.75) is 47.1 Å². The molecule has 0 aliphatic carbocycles. The topological polar surface area (TPSA) is 29.1 Å². The maximum Gasteiger partial charge on any atom is 0.252 e. The van der Waals surface area contributed by atoms with Gasteiger partial charge < -0.3 is 5.32 Å². The standard InChI is InChI=1S/C20H25NO/c1-6-19(17-9-7-13(2)8-10-17)21-20(22)18-12-15(4)14(3)11-16(18)5/h7-12,19H,6H2,1-5H3,(H,21,22)/t19-/m0/s1. The zero-order valence-electron chi connectivity index (χ0n) is 14.2. The van der Waals surface area contributed by atoms with Crippen LogP contribution in [0.2, 0.25) is 0 Å². The summed E-state index contributed by atoms with van der Waals surface area (Å²) in [6, 6.07) is 12.5. The summed E-state index contributed by atoms with van der Waals surface area (Å²) in [5.74, 6) is 0.00743. The van der Waals surface area contributed by atoms with E-state index < -0.39 is 0 Å². The molecule has 0 heterocycles. The summed E-state index contributed by atoms with van der Waals surface area (Å²) >= 11 is 0. The highest BCUT2D eigenvalue weighted by Gasteiger charge is 2.16. The third kappa shape index (κ3) is 3.56. The molecule has 0 fully saturated rings. The second kappa shape index (κ2) is 6.78. The van der Waals surface area contributed by atoms with Gasteiger partial charge in [-0.2, -0.15) is 0 Å². The molecule has 0 aliphatic rings. The lowest BCUT2D eigenvalue weighted by Crippen LogP contribution is -2.28. The first-order chi connectivity index (χ1) is 10.4. The molecule has 1 N–H and O–H groups in total. The van der Waals surface area contributed by atoms with Gasteiger partial charge in [0.05, 0.1) is 6.04 Å². The molecule has 2 rings (SSSR count). The Kier molecular flexibility index (Phi) is 5.02. The van der Waals surface area contributed by atoms with Crippen LogP contribution in [0.4, 0.5) is 0 Å². The van der Waals surface area contributed by atoms with Crippen LogP contribution in [0.15, 0.2) is 36.4 Å². The van der Waals surface area contributed by atoms with Gasteiger partial charge in [-0.25, -0.2) is 0 Å². The van der Waals surface area contributed by atoms with Crippen molar-refractivity contribution in [3.63, 3.8) is 0 Å². The predicted molar refractivity (Wildman–Crippen MR) is 92.3 cm³/mol. The number of carbonyl (C=O) groups excluding carboxylic acids is 1. The van der Waals surface area contributed by atoms with E-state index in [2.05, 4.69) is 56.4 Å². The number of nitrogens with one attached hydrogen (secondary N) is 1. The van der Waals surface area contributed by atoms with Gasteiger partial charge in [0.2, 0.25) is 0 Å². The molecular weight excluding hydrogens is 270 g/mol. The summed E-state index contributed by atoms with van der Waals surface area (Å²) in [5.41, 5.74) is 6.56. The number of hydrogen-bond donors (Lipinski definition) is 1. The minimum Gasteiger partial charge on any atom is -0.345 e. The van der Waals surface area contributed by atoms with Crippen LogP contribution in [0.25, 0.3) is 0 Å². The minimum absolute atomic E-state index is 0.00743. The van der Waals surface area contributed by atoms with E-state index in [0.717, 1.165) is 28.7 Å². The van der Waals surface area contributed by atoms with Crippen molar-refractivity contribution in [2.75, 3.05) is 0 Å². The first kappa shape index (κ1) is 16.3. The van der Waals surface area contributed by atoms with Gasteiger partial charge in [-0.1, -0.05) is 42.8 Å². The Morgan fingerprint density at radius 3 is 2.14 bits per heavy atom. The summed E-state index contributed by atoms with van der Waals surface area (Å²) in [4.78, 5) is 12.6. The van der Waals surface area contributed by atoms with Gasteiger partial charge in [-0.3, -0.25) is 4.79 Å². The molecule has 0 radical (unpaired) electrons. The van der Waals surface area contributed by atoms with Crippen LogP contribution in [-0.2, 0) is 0 Å². The van der Waals surface area contributed by atoms with E-state index >= 15 is 0 Å². The number of rotatable bonds is 4. The highest BCUT2D eigenvalue weighted by Crippen LogP contribution is 2.20. The van der Waals surface area contributed by atoms with Crippen molar-refractivity contribution in [3.05, 3.63) is 69.8 Å². The fraction of sp³-hybridized carbons (Fsp3) is 0.350. The average molecular weight is 295 g/mol. The number of hydrogen-bond acceptors (Lipinski definition) is 1. The van der Waals surface area contributed by atoms with Gasteiger partial charge in [0.15, 0.2) is 0 Å². The predicted octanol–water partition coefficient (Wildman–Crippen LogP) is 4.80. The minimum atomic E-state index is 0.00743. The Balaban J connectivity index is 2.23. The number of amides is 1. The van der Waals surface area contributed by atoms with E-state index in [1.807, 2.05) is 19.9 Å². The average Bonchev–Trinajstić information content (AvgIpc) is 2.49. The number of benzene rings is 2. The van der Waals surface area contributed by atoms with Gasteiger partial charge in [-0.15, -0.1) is 0 Å². The first-order valence-electron chi connectivity index (χ1n) is 7.87. The van der Waals surface area contributed by atoms with Crippen LogP contribution in [0.3, 0.4) is 0 Å². The SMILES string of the molecule is CC[C@H](NC(=O)c1cc(C)c(C)cc1C)c1ccc(C)cc1. The van der Waals surface area contributed by atoms with Crippen molar-refractivity contribution >= 4 is 5.91 Å². The highest BCUT2D eigenvalue weighted by atomic mass is 16.1. The molecule has 0 spiro atoms. The maximum absolute atomic E-state index is 12.6. The van der Waals surface area contributed by atoms with Gasteiger partial charge in [0.1, 0.15) is 0 Å². The van der Waals surface area contributed by atoms with Crippen LogP contribution in [0.5, 0.6) is 0 Å². The molecule has 2 heteroatoms. The molecule has 0 unspecified atom stereocenters. The summed E-state index contributed by atoms with van der Waals surface area (Å²) in [6.45, 7) is 10.3. The Hall–Kier alpha value is -2.09. The largest absolute Gasteiger partial charge is 0.345 e. The van der Waals surface area contributed by atoms with Gasteiger partial charge in [0.25, 0.3) is 5.91 Å². The van der Waals surface area contributed by atoms with Crippen LogP contribution < -0.4 is 5.32 Å². The fourth-order valence-electron chi connectivity index (χ4n) is 2.66. The molecule has 2 nitrogen and oxygen atoms in total. The van der Waals surface area contributed by atoms with Crippen molar-refractivity contribution in [1.29, 1.82) is 0 Å². The zero-order valence-corrected chi connectivity index (χ0v) is 14.2. The van der Waals surface area contributed by atoms with Gasteiger partial charge >= 0.3 is 0 Å². The molecule has 1 atom stereocenters. The molecule has 2 aromatic rings. The van der Waals surface area contributed by atoms with Crippen LogP contribution in [-0.4, -0.2) is 5.91 Å². The van der Waals surface area contributed by atoms with Crippen molar-refractivity contribution in [3.8, 4) is 0 Å². The third-order valence-corrected chi connectivity index (χ3v) is 4.28. The summed E-state index contributed by atoms with van der Waals surface area (Å²) in [7, 11) is 0. The van der Waals surface area contributed by atoms with Crippen molar-refractivity contribution in [2.24, 2.45) is 0 Å². The van der Waals surface area contributed by atoms with Crippen LogP contribution in [0, 0.1) is 27.7 Å². The molecule has 0 aliphatic heterocycles. The van der Waals surface area contributed by atoms with E-state index in [-0.39, 0.29) is 11.9 Å². The van der Waals surface area contributed by atoms with Gasteiger partial charge in [-0.05, 0) is 62.4 Å². The molecular formula is C20H25NO. The highest BCUT2D eigenvalue weighted by molar-refractivity contribution is 5.96. The molecule has 0 aromatic heterocycles. The third-order valence-electron chi connectivity index (χ3n) is 4.28. The molecule has 2 aromatic carbocycles. The van der Waals surface area contributed by atoms with Crippen molar-refractivity contribution in [1.82, 2.24) is 5.32 Å². The molecule has 22 heavy (non-hydrogen) atoms. The van der Waals surface area contributed by atoms with E-state index in [1.54, 1.807) is 0 Å². The molecule has 1 amide bonds. The summed E-state index contributed by atoms with van der Waals surface area (Å²) in [5, 5.41) is 3.17. The Morgan fingerprint density at radius 1 is 0.955 bits per heavy atom. The Labute approximate surface area is 133 Å². The van der Waals surface area contributed by atoms with E-state index in [4.69, 9.17) is 0 Å². The summed E-state index contributed by atoms with van der Waals surface area (Å²) in [6.07, 6.45) is 0.874. The molecule has 0 saturated heterocycles. The van der Waals surface area contributed by atoms with E-state index in [9.17, 15) is 4.79 Å². The van der Waals surface area contributed by atoms with E-state index in [1.165, 1.54) is 11.1 Å². The van der Waals surface area contributed by atoms with E-state index in [0.29, 0.717) is 0 Å². The molecule has 116 valence electrons. The second-order valence-corrected chi connectivity index (χ2v) is 6.10. The zero-order chi connectivity index (χ0) is 16.3. The molecule has 0 bridgehead atoms. The van der Waals surface area contributed by atoms with Crippen LogP contribution in [0.1, 0.15) is 57.6 Å². The maximum atomic E-state index is 12.6. The lowest BCUT2D eigenvalue weighted by molar-refractivity contribution is 0.0935. The van der Waals surface area contributed by atoms with Gasteiger partial charge in [0, 0.05) is 5.56 Å². The fourth-order valence-corrected chi connectivity index (χ4v) is 2.66. The monoisotopic (exact) mass is 295 g/mol. The first-order valence-corrected chi connectivity index (χ1v) is 7.87. The second-order valence-electron chi connectivity index (χ2n) is 6.10. The number of aryl methyl sites for hydroxylation is 4. The lowest BCUT2D eigenvalue weighted by atomic mass is 9.98. The molecule has 0 saturated carbocycles. The lowest BCUT2D eigenvalue weighted by Gasteiger charge is -2.19. The quantitative estimate of drug-likeness (QED) is 0.862. The Morgan fingerprint density at radius 2 is 1.55 bits per heavy atom.